The first-order chi connectivity index (χ1) is 5.69. The topological polar surface area (TPSA) is 42.4 Å². The Morgan fingerprint density at radius 2 is 2.25 bits per heavy atom. The molecule has 4 heteroatoms. The molecule has 0 heterocycles. The van der Waals surface area contributed by atoms with Crippen LogP contribution in [0.25, 0.3) is 4.85 Å². The summed E-state index contributed by atoms with van der Waals surface area (Å²) in [6.07, 6.45) is 0. The number of rotatable bonds is 1. The van der Waals surface area contributed by atoms with Crippen molar-refractivity contribution in [1.29, 1.82) is 0 Å². The van der Waals surface area contributed by atoms with Gasteiger partial charge in [-0.2, -0.15) is 0 Å². The van der Waals surface area contributed by atoms with E-state index in [4.69, 9.17) is 12.3 Å². The molecule has 0 bridgehead atoms. The number of hydrogen-bond acceptors (Lipinski definition) is 2. The monoisotopic (exact) mass is 225 g/mol. The predicted molar refractivity (Wildman–Crippen MR) is 54.4 cm³/mol. The summed E-state index contributed by atoms with van der Waals surface area (Å²) in [5, 5.41) is 2.91. The molecule has 0 unspecified atom stereocenters. The molecule has 0 aliphatic heterocycles. The molecule has 0 aliphatic rings. The van der Waals surface area contributed by atoms with Gasteiger partial charge in [-0.1, -0.05) is 15.9 Å². The molecule has 3 nitrogen and oxygen atoms in total. The summed E-state index contributed by atoms with van der Waals surface area (Å²) < 4.78 is 0.731. The fraction of sp³-hybridized carbons (Fsp3) is 0.125. The molecule has 0 fully saturated rings. The van der Waals surface area contributed by atoms with Crippen LogP contribution in [0.4, 0.5) is 17.1 Å². The number of benzene rings is 1. The Labute approximate surface area is 79.5 Å². The van der Waals surface area contributed by atoms with E-state index in [-0.39, 0.29) is 0 Å². The fourth-order valence-corrected chi connectivity index (χ4v) is 1.33. The molecule has 0 spiro atoms. The van der Waals surface area contributed by atoms with Gasteiger partial charge in [0.25, 0.3) is 0 Å². The lowest BCUT2D eigenvalue weighted by atomic mass is 10.2. The van der Waals surface area contributed by atoms with Crippen LogP contribution in [-0.4, -0.2) is 7.05 Å². The summed E-state index contributed by atoms with van der Waals surface area (Å²) >= 11 is 3.25. The van der Waals surface area contributed by atoms with Gasteiger partial charge in [0.2, 0.25) is 5.69 Å². The minimum absolute atomic E-state index is 0.563. The first-order valence-electron chi connectivity index (χ1n) is 3.33. The van der Waals surface area contributed by atoms with Gasteiger partial charge in [0.15, 0.2) is 0 Å². The van der Waals surface area contributed by atoms with E-state index in [1.807, 2.05) is 0 Å². The highest BCUT2D eigenvalue weighted by Gasteiger charge is 2.03. The summed E-state index contributed by atoms with van der Waals surface area (Å²) in [6.45, 7) is 6.85. The normalized spacial score (nSPS) is 9.08. The molecular weight excluding hydrogens is 218 g/mol. The number of nitrogens with two attached hydrogens (primary N) is 1. The lowest BCUT2D eigenvalue weighted by Gasteiger charge is -2.06. The van der Waals surface area contributed by atoms with E-state index in [1.165, 1.54) is 0 Å². The number of hydrogen-bond donors (Lipinski definition) is 2. The molecule has 1 aromatic carbocycles. The lowest BCUT2D eigenvalue weighted by Crippen LogP contribution is -1.94. The van der Waals surface area contributed by atoms with Crippen LogP contribution in [0.1, 0.15) is 0 Å². The fourth-order valence-electron chi connectivity index (χ4n) is 0.879. The van der Waals surface area contributed by atoms with E-state index in [2.05, 4.69) is 26.1 Å². The average Bonchev–Trinajstić information content (AvgIpc) is 2.05. The molecule has 0 saturated carbocycles. The van der Waals surface area contributed by atoms with E-state index >= 15 is 0 Å². The van der Waals surface area contributed by atoms with Crippen LogP contribution in [0.5, 0.6) is 0 Å². The lowest BCUT2D eigenvalue weighted by molar-refractivity contribution is 1.50. The van der Waals surface area contributed by atoms with Crippen LogP contribution >= 0.6 is 15.9 Å². The summed E-state index contributed by atoms with van der Waals surface area (Å²) in [5.41, 5.74) is 7.64. The van der Waals surface area contributed by atoms with Crippen molar-refractivity contribution in [3.8, 4) is 0 Å². The zero-order chi connectivity index (χ0) is 9.14. The van der Waals surface area contributed by atoms with E-state index in [0.29, 0.717) is 11.4 Å². The van der Waals surface area contributed by atoms with Crippen molar-refractivity contribution in [1.82, 2.24) is 0 Å². The summed E-state index contributed by atoms with van der Waals surface area (Å²) in [5.74, 6) is 0. The van der Waals surface area contributed by atoms with Crippen LogP contribution in [0.2, 0.25) is 0 Å². The van der Waals surface area contributed by atoms with Gasteiger partial charge in [-0.05, 0) is 12.1 Å². The maximum absolute atomic E-state index is 6.85. The maximum Gasteiger partial charge on any atom is 0.203 e. The van der Waals surface area contributed by atoms with E-state index in [9.17, 15) is 0 Å². The zero-order valence-electron chi connectivity index (χ0n) is 6.56. The van der Waals surface area contributed by atoms with E-state index < -0.39 is 0 Å². The minimum Gasteiger partial charge on any atom is -0.397 e. The molecule has 12 heavy (non-hydrogen) atoms. The highest BCUT2D eigenvalue weighted by molar-refractivity contribution is 9.10. The van der Waals surface area contributed by atoms with Crippen molar-refractivity contribution in [2.45, 2.75) is 0 Å². The number of nitrogens with zero attached hydrogens (tertiary/aromatic N) is 1. The zero-order valence-corrected chi connectivity index (χ0v) is 8.14. The van der Waals surface area contributed by atoms with Crippen molar-refractivity contribution >= 4 is 33.0 Å². The molecule has 0 aromatic heterocycles. The molecule has 62 valence electrons. The first kappa shape index (κ1) is 8.88. The number of anilines is 2. The van der Waals surface area contributed by atoms with Gasteiger partial charge in [-0.25, -0.2) is 4.85 Å². The second-order valence-corrected chi connectivity index (χ2v) is 3.11. The summed E-state index contributed by atoms with van der Waals surface area (Å²) in [6, 6.07) is 3.44. The first-order valence-corrected chi connectivity index (χ1v) is 4.12. The Kier molecular flexibility index (Phi) is 2.56. The molecule has 0 saturated heterocycles. The second kappa shape index (κ2) is 3.46. The van der Waals surface area contributed by atoms with E-state index in [0.717, 1.165) is 10.2 Å². The largest absolute Gasteiger partial charge is 0.397 e. The van der Waals surface area contributed by atoms with Crippen molar-refractivity contribution in [3.05, 3.63) is 28.0 Å². The Bertz CT molecular complexity index is 341. The Morgan fingerprint density at radius 1 is 1.58 bits per heavy atom. The van der Waals surface area contributed by atoms with Crippen LogP contribution < -0.4 is 11.1 Å². The molecular formula is C8H8BrN3. The number of halogens is 1. The van der Waals surface area contributed by atoms with Gasteiger partial charge < -0.3 is 11.1 Å². The molecule has 0 radical (unpaired) electrons. The maximum atomic E-state index is 6.85. The van der Waals surface area contributed by atoms with Gasteiger partial charge in [0.05, 0.1) is 12.3 Å². The Balaban J connectivity index is 3.30. The average molecular weight is 226 g/mol. The standard InChI is InChI=1S/C8H8BrN3/c1-11-7-4-8(12-2)6(10)3-5(7)9/h3-4,12H,10H2,2H3. The highest BCUT2D eigenvalue weighted by atomic mass is 79.9. The third-order valence-corrected chi connectivity index (χ3v) is 2.14. The highest BCUT2D eigenvalue weighted by Crippen LogP contribution is 2.32. The molecule has 0 aliphatic carbocycles. The van der Waals surface area contributed by atoms with Crippen LogP contribution in [0.15, 0.2) is 16.6 Å². The third-order valence-electron chi connectivity index (χ3n) is 1.51. The van der Waals surface area contributed by atoms with Gasteiger partial charge in [-0.3, -0.25) is 0 Å². The van der Waals surface area contributed by atoms with Crippen molar-refractivity contribution in [2.75, 3.05) is 18.1 Å². The van der Waals surface area contributed by atoms with Gasteiger partial charge in [0.1, 0.15) is 0 Å². The Hall–Kier alpha value is -1.21. The summed E-state index contributed by atoms with van der Waals surface area (Å²) in [7, 11) is 1.77. The molecule has 0 atom stereocenters. The molecule has 1 rings (SSSR count). The third kappa shape index (κ3) is 1.51. The molecule has 1 aromatic rings. The summed E-state index contributed by atoms with van der Waals surface area (Å²) in [4.78, 5) is 3.33. The van der Waals surface area contributed by atoms with Crippen LogP contribution in [0.3, 0.4) is 0 Å². The quantitative estimate of drug-likeness (QED) is 0.570. The van der Waals surface area contributed by atoms with Gasteiger partial charge in [-0.15, -0.1) is 0 Å². The van der Waals surface area contributed by atoms with Crippen LogP contribution in [0, 0.1) is 6.57 Å². The van der Waals surface area contributed by atoms with Crippen molar-refractivity contribution in [2.24, 2.45) is 0 Å². The smallest absolute Gasteiger partial charge is 0.203 e. The minimum atomic E-state index is 0.563. The Morgan fingerprint density at radius 3 is 2.75 bits per heavy atom. The van der Waals surface area contributed by atoms with Crippen LogP contribution in [-0.2, 0) is 0 Å². The number of nitrogen functional groups attached to an aromatic ring is 1. The SMILES string of the molecule is [C-]#[N+]c1cc(NC)c(N)cc1Br. The van der Waals surface area contributed by atoms with Crippen molar-refractivity contribution in [3.63, 3.8) is 0 Å². The van der Waals surface area contributed by atoms with E-state index in [1.54, 1.807) is 19.2 Å². The molecule has 0 amide bonds. The van der Waals surface area contributed by atoms with Crippen molar-refractivity contribution < 1.29 is 0 Å². The predicted octanol–water partition coefficient (Wildman–Crippen LogP) is 2.62. The van der Waals surface area contributed by atoms with Gasteiger partial charge in [0, 0.05) is 17.2 Å². The van der Waals surface area contributed by atoms with Gasteiger partial charge >= 0.3 is 0 Å². The number of nitrogens with one attached hydrogen (secondary N) is 1. The second-order valence-electron chi connectivity index (χ2n) is 2.25. The molecule has 3 N–H and O–H groups in total.